The SMILES string of the molecule is CC(C)CC1NCCN(C(CC(C)C)C(=O)N2CCC(C(=O)OCCC3CCCC3)CC2)C1=O. The number of piperidine rings is 1. The number of rotatable bonds is 10. The van der Waals surface area contributed by atoms with Crippen LogP contribution in [0.1, 0.15) is 85.5 Å². The molecule has 2 amide bonds. The van der Waals surface area contributed by atoms with Crippen LogP contribution in [0.2, 0.25) is 0 Å². The van der Waals surface area contributed by atoms with E-state index in [4.69, 9.17) is 4.74 Å². The van der Waals surface area contributed by atoms with E-state index in [-0.39, 0.29) is 29.7 Å². The highest BCUT2D eigenvalue weighted by atomic mass is 16.5. The van der Waals surface area contributed by atoms with Crippen LogP contribution in [0.25, 0.3) is 0 Å². The molecular formula is C27H47N3O4. The van der Waals surface area contributed by atoms with Gasteiger partial charge in [-0.25, -0.2) is 0 Å². The maximum absolute atomic E-state index is 13.6. The van der Waals surface area contributed by atoms with Crippen LogP contribution in [0.4, 0.5) is 0 Å². The van der Waals surface area contributed by atoms with Gasteiger partial charge in [0.15, 0.2) is 0 Å². The van der Waals surface area contributed by atoms with Gasteiger partial charge in [0.05, 0.1) is 18.6 Å². The van der Waals surface area contributed by atoms with Gasteiger partial charge in [-0.05, 0) is 49.9 Å². The van der Waals surface area contributed by atoms with Crippen LogP contribution in [-0.4, -0.2) is 72.5 Å². The minimum Gasteiger partial charge on any atom is -0.465 e. The van der Waals surface area contributed by atoms with E-state index in [1.54, 1.807) is 0 Å². The van der Waals surface area contributed by atoms with E-state index in [1.807, 2.05) is 9.80 Å². The third kappa shape index (κ3) is 7.43. The number of carbonyl (C=O) groups excluding carboxylic acids is 3. The Morgan fingerprint density at radius 2 is 1.68 bits per heavy atom. The zero-order chi connectivity index (χ0) is 24.7. The molecule has 2 unspecified atom stereocenters. The van der Waals surface area contributed by atoms with Gasteiger partial charge in [0, 0.05) is 26.2 Å². The van der Waals surface area contributed by atoms with Crippen molar-refractivity contribution in [3.05, 3.63) is 0 Å². The van der Waals surface area contributed by atoms with Crippen LogP contribution < -0.4 is 5.32 Å². The Hall–Kier alpha value is -1.63. The normalized spacial score (nSPS) is 23.7. The number of hydrogen-bond donors (Lipinski definition) is 1. The van der Waals surface area contributed by atoms with Crippen molar-refractivity contribution in [3.8, 4) is 0 Å². The molecule has 2 atom stereocenters. The molecule has 1 aliphatic carbocycles. The molecule has 0 radical (unpaired) electrons. The van der Waals surface area contributed by atoms with Gasteiger partial charge in [-0.2, -0.15) is 0 Å². The van der Waals surface area contributed by atoms with Crippen molar-refractivity contribution in [1.29, 1.82) is 0 Å². The molecule has 7 heteroatoms. The molecule has 0 aromatic heterocycles. The summed E-state index contributed by atoms with van der Waals surface area (Å²) in [5.74, 6) is 1.33. The second kappa shape index (κ2) is 12.9. The first kappa shape index (κ1) is 27.0. The van der Waals surface area contributed by atoms with Gasteiger partial charge < -0.3 is 19.9 Å². The third-order valence-corrected chi connectivity index (χ3v) is 7.77. The Labute approximate surface area is 206 Å². The summed E-state index contributed by atoms with van der Waals surface area (Å²) in [4.78, 5) is 43.1. The van der Waals surface area contributed by atoms with Crippen molar-refractivity contribution in [2.75, 3.05) is 32.8 Å². The number of hydrogen-bond acceptors (Lipinski definition) is 5. The lowest BCUT2D eigenvalue weighted by atomic mass is 9.93. The van der Waals surface area contributed by atoms with Gasteiger partial charge in [-0.3, -0.25) is 14.4 Å². The zero-order valence-electron chi connectivity index (χ0n) is 21.9. The Bertz CT molecular complexity index is 681. The number of piperazine rings is 1. The average Bonchev–Trinajstić information content (AvgIpc) is 3.32. The summed E-state index contributed by atoms with van der Waals surface area (Å²) in [6, 6.07) is -0.625. The van der Waals surface area contributed by atoms with Crippen LogP contribution in [0.15, 0.2) is 0 Å². The minimum absolute atomic E-state index is 0.0419. The number of amides is 2. The summed E-state index contributed by atoms with van der Waals surface area (Å²) < 4.78 is 5.59. The van der Waals surface area contributed by atoms with E-state index < -0.39 is 6.04 Å². The lowest BCUT2D eigenvalue weighted by Gasteiger charge is -2.42. The fourth-order valence-electron chi connectivity index (χ4n) is 5.82. The molecule has 0 spiro atoms. The van der Waals surface area contributed by atoms with Gasteiger partial charge in [-0.15, -0.1) is 0 Å². The molecule has 2 saturated heterocycles. The average molecular weight is 478 g/mol. The summed E-state index contributed by atoms with van der Waals surface area (Å²) in [5.41, 5.74) is 0. The fraction of sp³-hybridized carbons (Fsp3) is 0.889. The molecule has 1 N–H and O–H groups in total. The molecule has 2 heterocycles. The molecule has 2 aliphatic heterocycles. The molecule has 1 saturated carbocycles. The van der Waals surface area contributed by atoms with Crippen molar-refractivity contribution in [1.82, 2.24) is 15.1 Å². The highest BCUT2D eigenvalue weighted by Gasteiger charge is 2.39. The third-order valence-electron chi connectivity index (χ3n) is 7.77. The molecule has 0 aromatic rings. The Kier molecular flexibility index (Phi) is 10.2. The lowest BCUT2D eigenvalue weighted by Crippen LogP contribution is -2.62. The topological polar surface area (TPSA) is 79.0 Å². The van der Waals surface area contributed by atoms with Crippen molar-refractivity contribution < 1.29 is 19.1 Å². The summed E-state index contributed by atoms with van der Waals surface area (Å²) >= 11 is 0. The van der Waals surface area contributed by atoms with Crippen molar-refractivity contribution in [3.63, 3.8) is 0 Å². The van der Waals surface area contributed by atoms with E-state index in [2.05, 4.69) is 33.0 Å². The van der Waals surface area contributed by atoms with Gasteiger partial charge >= 0.3 is 5.97 Å². The molecule has 0 bridgehead atoms. The van der Waals surface area contributed by atoms with E-state index in [9.17, 15) is 14.4 Å². The van der Waals surface area contributed by atoms with Crippen molar-refractivity contribution >= 4 is 17.8 Å². The molecule has 3 aliphatic rings. The van der Waals surface area contributed by atoms with E-state index in [0.29, 0.717) is 57.3 Å². The largest absolute Gasteiger partial charge is 0.465 e. The Morgan fingerprint density at radius 1 is 1.00 bits per heavy atom. The summed E-state index contributed by atoms with van der Waals surface area (Å²) in [7, 11) is 0. The van der Waals surface area contributed by atoms with Crippen LogP contribution >= 0.6 is 0 Å². The summed E-state index contributed by atoms with van der Waals surface area (Å²) in [5, 5.41) is 3.34. The molecule has 0 aromatic carbocycles. The van der Waals surface area contributed by atoms with Gasteiger partial charge in [0.25, 0.3) is 0 Å². The standard InChI is InChI=1S/C27H47N3O4/c1-19(2)17-23-25(31)30(15-12-28-23)24(18-20(3)4)26(32)29-13-9-22(10-14-29)27(33)34-16-11-21-7-5-6-8-21/h19-24,28H,5-18H2,1-4H3. The molecule has 34 heavy (non-hydrogen) atoms. The van der Waals surface area contributed by atoms with Crippen LogP contribution in [0.5, 0.6) is 0 Å². The lowest BCUT2D eigenvalue weighted by molar-refractivity contribution is -0.154. The number of esters is 1. The molecule has 194 valence electrons. The van der Waals surface area contributed by atoms with Gasteiger partial charge in [0.2, 0.25) is 11.8 Å². The fourth-order valence-corrected chi connectivity index (χ4v) is 5.82. The monoisotopic (exact) mass is 477 g/mol. The van der Waals surface area contributed by atoms with Crippen LogP contribution in [0, 0.1) is 23.7 Å². The molecule has 3 fully saturated rings. The Balaban J connectivity index is 1.52. The highest BCUT2D eigenvalue weighted by molar-refractivity contribution is 5.90. The number of nitrogens with one attached hydrogen (secondary N) is 1. The number of ether oxygens (including phenoxy) is 1. The smallest absolute Gasteiger partial charge is 0.309 e. The summed E-state index contributed by atoms with van der Waals surface area (Å²) in [6.45, 7) is 11.4. The van der Waals surface area contributed by atoms with Gasteiger partial charge in [-0.1, -0.05) is 53.4 Å². The number of likely N-dealkylation sites (tertiary alicyclic amines) is 1. The van der Waals surface area contributed by atoms with E-state index in [1.165, 1.54) is 25.7 Å². The predicted octanol–water partition coefficient (Wildman–Crippen LogP) is 3.61. The number of nitrogens with zero attached hydrogens (tertiary/aromatic N) is 2. The van der Waals surface area contributed by atoms with Crippen LogP contribution in [-0.2, 0) is 19.1 Å². The van der Waals surface area contributed by atoms with Crippen LogP contribution in [0.3, 0.4) is 0 Å². The van der Waals surface area contributed by atoms with Crippen molar-refractivity contribution in [2.45, 2.75) is 97.6 Å². The maximum Gasteiger partial charge on any atom is 0.309 e. The zero-order valence-corrected chi connectivity index (χ0v) is 21.9. The molecular weight excluding hydrogens is 430 g/mol. The molecule has 3 rings (SSSR count). The van der Waals surface area contributed by atoms with E-state index >= 15 is 0 Å². The second-order valence-electron chi connectivity index (χ2n) is 11.5. The minimum atomic E-state index is -0.417. The highest BCUT2D eigenvalue weighted by Crippen LogP contribution is 2.28. The van der Waals surface area contributed by atoms with Crippen molar-refractivity contribution in [2.24, 2.45) is 23.7 Å². The quantitative estimate of drug-likeness (QED) is 0.486. The number of carbonyl (C=O) groups is 3. The molecule has 7 nitrogen and oxygen atoms in total. The first-order chi connectivity index (χ1) is 16.3. The second-order valence-corrected chi connectivity index (χ2v) is 11.5. The van der Waals surface area contributed by atoms with E-state index in [0.717, 1.165) is 25.3 Å². The maximum atomic E-state index is 13.6. The van der Waals surface area contributed by atoms with Gasteiger partial charge in [0.1, 0.15) is 6.04 Å². The predicted molar refractivity (Wildman–Crippen MR) is 133 cm³/mol. The summed E-state index contributed by atoms with van der Waals surface area (Å²) in [6.07, 6.45) is 8.88. The first-order valence-electron chi connectivity index (χ1n) is 13.8. The Morgan fingerprint density at radius 3 is 2.29 bits per heavy atom. The first-order valence-corrected chi connectivity index (χ1v) is 13.8.